The first-order valence-corrected chi connectivity index (χ1v) is 7.22. The standard InChI is InChI=1S/C16H15F3N4/c17-16(18,19)12-3-4-13-11(10-12)5-7-23-15(13)22-6-1-2-14-20-8-9-21-14/h3-5,7-10H,1-2,6H2,(H,20,21)(H,22,23). The molecule has 0 fully saturated rings. The van der Waals surface area contributed by atoms with Crippen LogP contribution >= 0.6 is 0 Å². The van der Waals surface area contributed by atoms with Crippen LogP contribution in [0.3, 0.4) is 0 Å². The number of aromatic amines is 1. The smallest absolute Gasteiger partial charge is 0.370 e. The summed E-state index contributed by atoms with van der Waals surface area (Å²) in [6.07, 6.45) is 2.28. The number of benzene rings is 1. The third-order valence-electron chi connectivity index (χ3n) is 3.53. The molecule has 2 heterocycles. The number of halogens is 3. The van der Waals surface area contributed by atoms with Crippen molar-refractivity contribution in [1.29, 1.82) is 0 Å². The molecule has 0 aliphatic carbocycles. The second-order valence-electron chi connectivity index (χ2n) is 5.16. The maximum atomic E-state index is 12.8. The number of hydrogen-bond acceptors (Lipinski definition) is 3. The van der Waals surface area contributed by atoms with Gasteiger partial charge < -0.3 is 10.3 Å². The zero-order chi connectivity index (χ0) is 16.3. The summed E-state index contributed by atoms with van der Waals surface area (Å²) in [4.78, 5) is 11.4. The van der Waals surface area contributed by atoms with E-state index >= 15 is 0 Å². The number of imidazole rings is 1. The quantitative estimate of drug-likeness (QED) is 0.698. The van der Waals surface area contributed by atoms with Gasteiger partial charge in [-0.1, -0.05) is 6.07 Å². The molecule has 7 heteroatoms. The molecule has 4 nitrogen and oxygen atoms in total. The minimum Gasteiger partial charge on any atom is -0.370 e. The van der Waals surface area contributed by atoms with Crippen molar-refractivity contribution in [3.8, 4) is 0 Å². The van der Waals surface area contributed by atoms with E-state index in [-0.39, 0.29) is 0 Å². The molecule has 0 saturated carbocycles. The molecule has 0 unspecified atom stereocenters. The third kappa shape index (κ3) is 3.61. The molecule has 0 radical (unpaired) electrons. The average Bonchev–Trinajstić information content (AvgIpc) is 3.03. The van der Waals surface area contributed by atoms with Crippen LogP contribution in [0.5, 0.6) is 0 Å². The predicted molar refractivity (Wildman–Crippen MR) is 82.1 cm³/mol. The Labute approximate surface area is 130 Å². The van der Waals surface area contributed by atoms with Crippen LogP contribution in [0.15, 0.2) is 42.9 Å². The second-order valence-corrected chi connectivity index (χ2v) is 5.16. The van der Waals surface area contributed by atoms with Crippen molar-refractivity contribution in [1.82, 2.24) is 15.0 Å². The van der Waals surface area contributed by atoms with Crippen LogP contribution < -0.4 is 5.32 Å². The van der Waals surface area contributed by atoms with E-state index in [1.807, 2.05) is 0 Å². The number of aromatic nitrogens is 3. The third-order valence-corrected chi connectivity index (χ3v) is 3.53. The zero-order valence-electron chi connectivity index (χ0n) is 12.2. The number of alkyl halides is 3. The molecular formula is C16H15F3N4. The molecule has 3 rings (SSSR count). The van der Waals surface area contributed by atoms with Crippen LogP contribution in [-0.2, 0) is 12.6 Å². The lowest BCUT2D eigenvalue weighted by atomic mass is 10.1. The Kier molecular flexibility index (Phi) is 4.18. The molecule has 0 bridgehead atoms. The van der Waals surface area contributed by atoms with Gasteiger partial charge in [-0.2, -0.15) is 13.2 Å². The van der Waals surface area contributed by atoms with E-state index in [2.05, 4.69) is 20.3 Å². The fourth-order valence-electron chi connectivity index (χ4n) is 2.39. The van der Waals surface area contributed by atoms with Crippen LogP contribution in [0, 0.1) is 0 Å². The monoisotopic (exact) mass is 320 g/mol. The van der Waals surface area contributed by atoms with E-state index in [4.69, 9.17) is 0 Å². The van der Waals surface area contributed by atoms with Gasteiger partial charge in [0.05, 0.1) is 5.56 Å². The minimum atomic E-state index is -4.34. The fraction of sp³-hybridized carbons (Fsp3) is 0.250. The predicted octanol–water partition coefficient (Wildman–Crippen LogP) is 4.02. The molecule has 1 aromatic carbocycles. The summed E-state index contributed by atoms with van der Waals surface area (Å²) in [5, 5.41) is 4.37. The molecule has 3 aromatic rings. The van der Waals surface area contributed by atoms with E-state index in [9.17, 15) is 13.2 Å². The molecule has 120 valence electrons. The topological polar surface area (TPSA) is 53.6 Å². The molecule has 0 atom stereocenters. The van der Waals surface area contributed by atoms with Gasteiger partial charge in [0.1, 0.15) is 11.6 Å². The largest absolute Gasteiger partial charge is 0.416 e. The number of nitrogens with one attached hydrogen (secondary N) is 2. The number of rotatable bonds is 5. The summed E-state index contributed by atoms with van der Waals surface area (Å²) in [5.74, 6) is 1.50. The molecule has 23 heavy (non-hydrogen) atoms. The number of fused-ring (bicyclic) bond motifs is 1. The van der Waals surface area contributed by atoms with Gasteiger partial charge in [-0.3, -0.25) is 0 Å². The van der Waals surface area contributed by atoms with Crippen LogP contribution in [0.25, 0.3) is 10.8 Å². The summed E-state index contributed by atoms with van der Waals surface area (Å²) in [7, 11) is 0. The lowest BCUT2D eigenvalue weighted by molar-refractivity contribution is -0.137. The first-order valence-electron chi connectivity index (χ1n) is 7.22. The van der Waals surface area contributed by atoms with Crippen molar-refractivity contribution < 1.29 is 13.2 Å². The Morgan fingerprint density at radius 1 is 1.09 bits per heavy atom. The molecule has 0 aliphatic heterocycles. The summed E-state index contributed by atoms with van der Waals surface area (Å²) in [6, 6.07) is 5.27. The van der Waals surface area contributed by atoms with Gasteiger partial charge in [0.25, 0.3) is 0 Å². The van der Waals surface area contributed by atoms with Crippen LogP contribution in [-0.4, -0.2) is 21.5 Å². The molecule has 2 N–H and O–H groups in total. The highest BCUT2D eigenvalue weighted by Crippen LogP contribution is 2.32. The number of anilines is 1. The lowest BCUT2D eigenvalue weighted by Gasteiger charge is -2.11. The van der Waals surface area contributed by atoms with E-state index in [0.717, 1.165) is 30.8 Å². The van der Waals surface area contributed by atoms with Gasteiger partial charge in [0.15, 0.2) is 0 Å². The van der Waals surface area contributed by atoms with Crippen molar-refractivity contribution in [2.24, 2.45) is 0 Å². The highest BCUT2D eigenvalue weighted by atomic mass is 19.4. The van der Waals surface area contributed by atoms with Gasteiger partial charge in [-0.25, -0.2) is 9.97 Å². The Morgan fingerprint density at radius 2 is 1.96 bits per heavy atom. The maximum absolute atomic E-state index is 12.8. The van der Waals surface area contributed by atoms with Crippen molar-refractivity contribution in [3.05, 3.63) is 54.2 Å². The van der Waals surface area contributed by atoms with Gasteiger partial charge in [-0.05, 0) is 30.0 Å². The summed E-state index contributed by atoms with van der Waals surface area (Å²) in [6.45, 7) is 0.661. The molecule has 2 aromatic heterocycles. The highest BCUT2D eigenvalue weighted by Gasteiger charge is 2.30. The second kappa shape index (κ2) is 6.28. The Bertz CT molecular complexity index is 782. The van der Waals surface area contributed by atoms with Gasteiger partial charge in [0, 0.05) is 36.9 Å². The molecule has 0 amide bonds. The number of pyridine rings is 1. The lowest BCUT2D eigenvalue weighted by Crippen LogP contribution is -2.07. The van der Waals surface area contributed by atoms with Gasteiger partial charge in [0.2, 0.25) is 0 Å². The van der Waals surface area contributed by atoms with Crippen molar-refractivity contribution in [2.45, 2.75) is 19.0 Å². The Balaban J connectivity index is 1.71. The van der Waals surface area contributed by atoms with E-state index < -0.39 is 11.7 Å². The van der Waals surface area contributed by atoms with Crippen molar-refractivity contribution in [2.75, 3.05) is 11.9 Å². The molecule has 0 saturated heterocycles. The average molecular weight is 320 g/mol. The first kappa shape index (κ1) is 15.3. The minimum absolute atomic E-state index is 0.517. The number of aryl methyl sites for hydroxylation is 1. The van der Waals surface area contributed by atoms with Crippen molar-refractivity contribution in [3.63, 3.8) is 0 Å². The summed E-state index contributed by atoms with van der Waals surface area (Å²) in [5.41, 5.74) is -0.653. The van der Waals surface area contributed by atoms with Gasteiger partial charge >= 0.3 is 6.18 Å². The number of nitrogens with zero attached hydrogens (tertiary/aromatic N) is 2. The van der Waals surface area contributed by atoms with Crippen LogP contribution in [0.4, 0.5) is 19.0 Å². The number of hydrogen-bond donors (Lipinski definition) is 2. The van der Waals surface area contributed by atoms with Crippen LogP contribution in [0.2, 0.25) is 0 Å². The van der Waals surface area contributed by atoms with Crippen molar-refractivity contribution >= 4 is 16.6 Å². The molecule has 0 aliphatic rings. The first-order chi connectivity index (χ1) is 11.0. The summed E-state index contributed by atoms with van der Waals surface area (Å²) < 4.78 is 38.3. The molecular weight excluding hydrogens is 305 g/mol. The Hall–Kier alpha value is -2.57. The van der Waals surface area contributed by atoms with Crippen LogP contribution in [0.1, 0.15) is 17.8 Å². The van der Waals surface area contributed by atoms with E-state index in [0.29, 0.717) is 23.1 Å². The highest BCUT2D eigenvalue weighted by molar-refractivity contribution is 5.92. The van der Waals surface area contributed by atoms with Gasteiger partial charge in [-0.15, -0.1) is 0 Å². The summed E-state index contributed by atoms with van der Waals surface area (Å²) >= 11 is 0. The SMILES string of the molecule is FC(F)(F)c1ccc2c(NCCCc3ncc[nH]3)nccc2c1. The fourth-order valence-corrected chi connectivity index (χ4v) is 2.39. The Morgan fingerprint density at radius 3 is 2.70 bits per heavy atom. The molecule has 0 spiro atoms. The number of H-pyrrole nitrogens is 1. The zero-order valence-corrected chi connectivity index (χ0v) is 12.2. The van der Waals surface area contributed by atoms with E-state index in [1.54, 1.807) is 18.5 Å². The normalized spacial score (nSPS) is 11.8. The maximum Gasteiger partial charge on any atom is 0.416 e. The van der Waals surface area contributed by atoms with E-state index in [1.165, 1.54) is 12.3 Å².